The summed E-state index contributed by atoms with van der Waals surface area (Å²) in [6, 6.07) is 12.0. The zero-order valence-electron chi connectivity index (χ0n) is 23.1. The maximum atomic E-state index is 12.9. The van der Waals surface area contributed by atoms with E-state index in [1.165, 1.54) is 36.8 Å². The molecule has 40 heavy (non-hydrogen) atoms. The van der Waals surface area contributed by atoms with Crippen LogP contribution in [0.25, 0.3) is 0 Å². The van der Waals surface area contributed by atoms with Gasteiger partial charge < -0.3 is 25.7 Å². The molecule has 1 aliphatic heterocycles. The Morgan fingerprint density at radius 1 is 0.975 bits per heavy atom. The van der Waals surface area contributed by atoms with Crippen LogP contribution in [0.4, 0.5) is 23.1 Å². The Labute approximate surface area is 247 Å². The second kappa shape index (κ2) is 12.8. The van der Waals surface area contributed by atoms with Gasteiger partial charge in [-0.15, -0.1) is 0 Å². The monoisotopic (exact) mass is 601 g/mol. The largest absolute Gasteiger partial charge is 0.380 e. The van der Waals surface area contributed by atoms with E-state index in [1.807, 2.05) is 0 Å². The Kier molecular flexibility index (Phi) is 9.38. The molecule has 7 nitrogen and oxygen atoms in total. The predicted molar refractivity (Wildman–Crippen MR) is 167 cm³/mol. The van der Waals surface area contributed by atoms with Gasteiger partial charge in [-0.3, -0.25) is 0 Å². The molecule has 1 aliphatic carbocycles. The molecule has 10 heteroatoms. The van der Waals surface area contributed by atoms with E-state index in [9.17, 15) is 4.57 Å². The minimum Gasteiger partial charge on any atom is -0.380 e. The zero-order chi connectivity index (χ0) is 28.3. The first-order valence-electron chi connectivity index (χ1n) is 14.0. The molecule has 0 spiro atoms. The van der Waals surface area contributed by atoms with Crippen molar-refractivity contribution < 1.29 is 9.30 Å². The van der Waals surface area contributed by atoms with Gasteiger partial charge in [-0.1, -0.05) is 29.3 Å². The number of hydrogen-bond acceptors (Lipinski definition) is 7. The van der Waals surface area contributed by atoms with Crippen LogP contribution in [0, 0.1) is 11.8 Å². The molecule has 0 bridgehead atoms. The summed E-state index contributed by atoms with van der Waals surface area (Å²) in [5.74, 6) is 2.18. The van der Waals surface area contributed by atoms with Crippen molar-refractivity contribution in [3.05, 3.63) is 63.8 Å². The molecule has 0 amide bonds. The Morgan fingerprint density at radius 3 is 2.58 bits per heavy atom. The first-order chi connectivity index (χ1) is 19.1. The molecular formula is C30H38Cl2N5O2P. The summed E-state index contributed by atoms with van der Waals surface area (Å²) < 4.78 is 18.7. The van der Waals surface area contributed by atoms with Crippen LogP contribution in [0.5, 0.6) is 0 Å². The molecule has 4 N–H and O–H groups in total. The van der Waals surface area contributed by atoms with Crippen LogP contribution >= 0.6 is 30.3 Å². The van der Waals surface area contributed by atoms with Crippen LogP contribution in [-0.4, -0.2) is 42.6 Å². The Morgan fingerprint density at radius 2 is 1.77 bits per heavy atom. The highest BCUT2D eigenvalue weighted by Gasteiger charge is 2.23. The third-order valence-electron chi connectivity index (χ3n) is 7.94. The minimum absolute atomic E-state index is 0.187. The second-order valence-electron chi connectivity index (χ2n) is 11.6. The highest BCUT2D eigenvalue weighted by atomic mass is 35.5. The second-order valence-corrected chi connectivity index (χ2v) is 15.6. The summed E-state index contributed by atoms with van der Waals surface area (Å²) in [6.07, 6.45) is 9.58. The van der Waals surface area contributed by atoms with E-state index < -0.39 is 7.14 Å². The number of nitrogens with one attached hydrogen (secondary N) is 2. The SMILES string of the molecule is CP(C)(=O)c1cc(Cl)ccc1Nc1nc(Nc2ccc3c(c2)CC[C@@H](CC2CCC(N)COC2)CC3)ncc1Cl. The Bertz CT molecular complexity index is 1400. The molecule has 2 unspecified atom stereocenters. The van der Waals surface area contributed by atoms with Crippen molar-refractivity contribution in [1.82, 2.24) is 9.97 Å². The number of nitrogens with zero attached hydrogens (tertiary/aromatic N) is 2. The van der Waals surface area contributed by atoms with E-state index in [1.54, 1.807) is 37.7 Å². The van der Waals surface area contributed by atoms with E-state index in [0.717, 1.165) is 31.6 Å². The summed E-state index contributed by atoms with van der Waals surface area (Å²) in [5.41, 5.74) is 10.5. The van der Waals surface area contributed by atoms with Crippen LogP contribution in [-0.2, 0) is 22.1 Å². The van der Waals surface area contributed by atoms with E-state index in [0.29, 0.717) is 51.2 Å². The number of benzene rings is 2. The maximum Gasteiger partial charge on any atom is 0.229 e. The molecule has 214 valence electrons. The van der Waals surface area contributed by atoms with Gasteiger partial charge in [0.05, 0.1) is 18.5 Å². The zero-order valence-corrected chi connectivity index (χ0v) is 25.5. The standard InChI is InChI=1S/C30H38Cl2N5O2P/c1-40(2,38)28-15-23(31)9-12-27(28)36-29-26(32)16-34-30(37-29)35-25-11-8-21-6-3-19(4-7-22(21)14-25)13-20-5-10-24(33)18-39-17-20/h8-9,11-12,14-16,19-20,24H,3-7,10,13,17-18,33H2,1-2H3,(H2,34,35,36,37)/t19-,20?,24?/m0/s1. The molecule has 0 saturated carbocycles. The van der Waals surface area contributed by atoms with Gasteiger partial charge in [-0.05, 0) is 112 Å². The quantitative estimate of drug-likeness (QED) is 0.195. The fourth-order valence-electron chi connectivity index (χ4n) is 5.77. The average molecular weight is 603 g/mol. The topological polar surface area (TPSA) is 102 Å². The van der Waals surface area contributed by atoms with Gasteiger partial charge in [0.25, 0.3) is 0 Å². The van der Waals surface area contributed by atoms with Crippen LogP contribution < -0.4 is 21.7 Å². The van der Waals surface area contributed by atoms with Gasteiger partial charge in [0.1, 0.15) is 12.2 Å². The summed E-state index contributed by atoms with van der Waals surface area (Å²) >= 11 is 12.6. The number of halogens is 2. The first-order valence-corrected chi connectivity index (χ1v) is 17.4. The fourth-order valence-corrected chi connectivity index (χ4v) is 7.31. The van der Waals surface area contributed by atoms with E-state index in [4.69, 9.17) is 33.7 Å². The van der Waals surface area contributed by atoms with Crippen molar-refractivity contribution >= 4 is 58.8 Å². The summed E-state index contributed by atoms with van der Waals surface area (Å²) in [7, 11) is -2.60. The molecule has 1 saturated heterocycles. The lowest BCUT2D eigenvalue weighted by molar-refractivity contribution is 0.0993. The molecule has 2 heterocycles. The van der Waals surface area contributed by atoms with Crippen LogP contribution in [0.2, 0.25) is 10.0 Å². The lowest BCUT2D eigenvalue weighted by atomic mass is 9.86. The third kappa shape index (κ3) is 7.57. The van der Waals surface area contributed by atoms with Gasteiger partial charge in [-0.25, -0.2) is 4.98 Å². The third-order valence-corrected chi connectivity index (χ3v) is 9.98. The van der Waals surface area contributed by atoms with Crippen LogP contribution in [0.3, 0.4) is 0 Å². The molecule has 2 aromatic carbocycles. The lowest BCUT2D eigenvalue weighted by Gasteiger charge is -2.20. The minimum atomic E-state index is -2.60. The van der Waals surface area contributed by atoms with Crippen molar-refractivity contribution in [2.75, 3.05) is 37.2 Å². The van der Waals surface area contributed by atoms with Crippen molar-refractivity contribution in [2.45, 2.75) is 51.0 Å². The summed E-state index contributed by atoms with van der Waals surface area (Å²) in [5, 5.41) is 8.11. The molecule has 5 rings (SSSR count). The molecule has 1 aromatic heterocycles. The van der Waals surface area contributed by atoms with E-state index >= 15 is 0 Å². The Balaban J connectivity index is 1.26. The molecule has 1 fully saturated rings. The van der Waals surface area contributed by atoms with Crippen molar-refractivity contribution in [3.8, 4) is 0 Å². The van der Waals surface area contributed by atoms with Gasteiger partial charge in [0.15, 0.2) is 5.82 Å². The van der Waals surface area contributed by atoms with Gasteiger partial charge in [0.2, 0.25) is 5.95 Å². The van der Waals surface area contributed by atoms with E-state index in [-0.39, 0.29) is 6.04 Å². The molecule has 3 atom stereocenters. The van der Waals surface area contributed by atoms with Crippen molar-refractivity contribution in [2.24, 2.45) is 17.6 Å². The van der Waals surface area contributed by atoms with Gasteiger partial charge >= 0.3 is 0 Å². The Hall–Kier alpha value is -2.15. The highest BCUT2D eigenvalue weighted by molar-refractivity contribution is 7.70. The molecule has 2 aliphatic rings. The number of ether oxygens (including phenoxy) is 1. The molecule has 0 radical (unpaired) electrons. The maximum absolute atomic E-state index is 12.9. The predicted octanol–water partition coefficient (Wildman–Crippen LogP) is 7.16. The number of hydrogen-bond donors (Lipinski definition) is 3. The van der Waals surface area contributed by atoms with Gasteiger partial charge in [0, 0.05) is 28.7 Å². The molecular weight excluding hydrogens is 564 g/mol. The number of fused-ring (bicyclic) bond motifs is 1. The number of anilines is 4. The first kappa shape index (κ1) is 29.3. The molecule has 3 aromatic rings. The number of nitrogens with two attached hydrogens (primary N) is 1. The van der Waals surface area contributed by atoms with Gasteiger partial charge in [-0.2, -0.15) is 4.98 Å². The highest BCUT2D eigenvalue weighted by Crippen LogP contribution is 2.40. The normalized spacial score (nSPS) is 21.7. The average Bonchev–Trinajstić information content (AvgIpc) is 3.24. The van der Waals surface area contributed by atoms with Crippen LogP contribution in [0.15, 0.2) is 42.6 Å². The lowest BCUT2D eigenvalue weighted by Crippen LogP contribution is -2.23. The summed E-state index contributed by atoms with van der Waals surface area (Å²) in [6.45, 7) is 4.96. The fraction of sp³-hybridized carbons (Fsp3) is 0.467. The van der Waals surface area contributed by atoms with E-state index in [2.05, 4.69) is 38.8 Å². The number of aromatic nitrogens is 2. The van der Waals surface area contributed by atoms with Crippen molar-refractivity contribution in [1.29, 1.82) is 0 Å². The number of aryl methyl sites for hydroxylation is 2. The number of rotatable bonds is 7. The summed E-state index contributed by atoms with van der Waals surface area (Å²) in [4.78, 5) is 9.01. The smallest absolute Gasteiger partial charge is 0.229 e. The van der Waals surface area contributed by atoms with Crippen molar-refractivity contribution in [3.63, 3.8) is 0 Å². The van der Waals surface area contributed by atoms with Crippen LogP contribution in [0.1, 0.15) is 43.2 Å².